The number of halogens is 1. The molecule has 0 spiro atoms. The Hall–Kier alpha value is -1.99. The fourth-order valence-electron chi connectivity index (χ4n) is 1.22. The Morgan fingerprint density at radius 2 is 2.25 bits per heavy atom. The van der Waals surface area contributed by atoms with E-state index >= 15 is 0 Å². The molecule has 0 amide bonds. The van der Waals surface area contributed by atoms with E-state index in [1.165, 1.54) is 0 Å². The third-order valence-electron chi connectivity index (χ3n) is 1.97. The molecule has 1 N–H and O–H groups in total. The summed E-state index contributed by atoms with van der Waals surface area (Å²) in [5.41, 5.74) is 1.34. The lowest BCUT2D eigenvalue weighted by Gasteiger charge is -2.02. The Morgan fingerprint density at radius 3 is 2.81 bits per heavy atom. The molecule has 0 atom stereocenters. The molecule has 80 valence electrons. The molecule has 16 heavy (non-hydrogen) atoms. The quantitative estimate of drug-likeness (QED) is 0.867. The maximum Gasteiger partial charge on any atom is 0.238 e. The third kappa shape index (κ3) is 2.15. The largest absolute Gasteiger partial charge is 0.437 e. The highest BCUT2D eigenvalue weighted by Crippen LogP contribution is 2.25. The topological polar surface area (TPSA) is 61.7 Å². The zero-order chi connectivity index (χ0) is 11.5. The Kier molecular flexibility index (Phi) is 2.80. The Balaban J connectivity index is 2.23. The number of aromatic nitrogens is 2. The summed E-state index contributed by atoms with van der Waals surface area (Å²) in [7, 11) is 0. The van der Waals surface area contributed by atoms with Crippen LogP contribution in [0, 0.1) is 18.3 Å². The maximum atomic E-state index is 8.71. The molecule has 0 saturated heterocycles. The lowest BCUT2D eigenvalue weighted by atomic mass is 10.2. The number of benzene rings is 1. The number of nitriles is 1. The second-order valence-electron chi connectivity index (χ2n) is 3.24. The van der Waals surface area contributed by atoms with E-state index in [0.717, 1.165) is 5.69 Å². The monoisotopic (exact) mass is 233 g/mol. The molecule has 1 aromatic carbocycles. The van der Waals surface area contributed by atoms with Crippen molar-refractivity contribution in [1.82, 2.24) is 10.2 Å². The molecule has 0 bridgehead atoms. The lowest BCUT2D eigenvalue weighted by molar-refractivity contribution is 0.461. The van der Waals surface area contributed by atoms with Gasteiger partial charge < -0.3 is 4.74 Å². The number of hydrogen-bond donors (Lipinski definition) is 1. The minimum atomic E-state index is 0.368. The molecule has 0 saturated carbocycles. The average molecular weight is 234 g/mol. The molecule has 0 radical (unpaired) electrons. The van der Waals surface area contributed by atoms with Crippen molar-refractivity contribution in [3.63, 3.8) is 0 Å². The van der Waals surface area contributed by atoms with Gasteiger partial charge in [0.05, 0.1) is 10.6 Å². The van der Waals surface area contributed by atoms with Crippen LogP contribution >= 0.6 is 11.6 Å². The summed E-state index contributed by atoms with van der Waals surface area (Å²) in [6.07, 6.45) is 0. The zero-order valence-electron chi connectivity index (χ0n) is 8.49. The van der Waals surface area contributed by atoms with Crippen molar-refractivity contribution in [3.8, 4) is 17.7 Å². The summed E-state index contributed by atoms with van der Waals surface area (Å²) in [5, 5.41) is 15.8. The normalized spacial score (nSPS) is 9.81. The Bertz CT molecular complexity index is 557. The van der Waals surface area contributed by atoms with Crippen LogP contribution in [0.2, 0.25) is 5.02 Å². The van der Waals surface area contributed by atoms with Crippen molar-refractivity contribution in [2.24, 2.45) is 0 Å². The van der Waals surface area contributed by atoms with E-state index < -0.39 is 0 Å². The molecule has 0 aliphatic carbocycles. The van der Waals surface area contributed by atoms with Crippen LogP contribution < -0.4 is 4.74 Å². The van der Waals surface area contributed by atoms with Gasteiger partial charge in [-0.25, -0.2) is 0 Å². The van der Waals surface area contributed by atoms with Gasteiger partial charge in [0.1, 0.15) is 11.8 Å². The summed E-state index contributed by atoms with van der Waals surface area (Å²) in [6, 6.07) is 8.62. The SMILES string of the molecule is Cc1cc(Oc2ccc(C#N)c(Cl)c2)n[nH]1. The fraction of sp³-hybridized carbons (Fsp3) is 0.0909. The number of H-pyrrole nitrogens is 1. The van der Waals surface area contributed by atoms with Crippen LogP contribution in [0.15, 0.2) is 24.3 Å². The van der Waals surface area contributed by atoms with Crippen LogP contribution in [0.3, 0.4) is 0 Å². The number of ether oxygens (including phenoxy) is 1. The summed E-state index contributed by atoms with van der Waals surface area (Å²) < 4.78 is 5.44. The molecule has 0 aliphatic heterocycles. The van der Waals surface area contributed by atoms with Crippen LogP contribution in [0.5, 0.6) is 11.6 Å². The minimum absolute atomic E-state index is 0.368. The molecule has 1 heterocycles. The van der Waals surface area contributed by atoms with E-state index in [9.17, 15) is 0 Å². The first-order chi connectivity index (χ1) is 7.69. The molecular weight excluding hydrogens is 226 g/mol. The van der Waals surface area contributed by atoms with Gasteiger partial charge in [0.15, 0.2) is 0 Å². The third-order valence-corrected chi connectivity index (χ3v) is 2.28. The molecule has 5 heteroatoms. The summed E-state index contributed by atoms with van der Waals surface area (Å²) in [6.45, 7) is 1.88. The zero-order valence-corrected chi connectivity index (χ0v) is 9.25. The van der Waals surface area contributed by atoms with Gasteiger partial charge in [0, 0.05) is 17.8 Å². The van der Waals surface area contributed by atoms with Crippen LogP contribution in [0.4, 0.5) is 0 Å². The molecule has 2 aromatic rings. The lowest BCUT2D eigenvalue weighted by Crippen LogP contribution is -1.85. The second-order valence-corrected chi connectivity index (χ2v) is 3.65. The van der Waals surface area contributed by atoms with E-state index in [1.807, 2.05) is 13.0 Å². The molecule has 0 fully saturated rings. The molecule has 0 unspecified atom stereocenters. The smallest absolute Gasteiger partial charge is 0.238 e. The highest BCUT2D eigenvalue weighted by Gasteiger charge is 2.04. The highest BCUT2D eigenvalue weighted by molar-refractivity contribution is 6.31. The molecular formula is C11H8ClN3O. The van der Waals surface area contributed by atoms with E-state index in [2.05, 4.69) is 10.2 Å². The number of hydrogen-bond acceptors (Lipinski definition) is 3. The first kappa shape index (κ1) is 10.5. The number of aryl methyl sites for hydroxylation is 1. The van der Waals surface area contributed by atoms with Crippen molar-refractivity contribution >= 4 is 11.6 Å². The summed E-state index contributed by atoms with van der Waals surface area (Å²) in [4.78, 5) is 0. The van der Waals surface area contributed by atoms with Gasteiger partial charge in [-0.05, 0) is 19.1 Å². The van der Waals surface area contributed by atoms with Gasteiger partial charge in [-0.15, -0.1) is 5.10 Å². The number of nitrogens with zero attached hydrogens (tertiary/aromatic N) is 2. The number of nitrogens with one attached hydrogen (secondary N) is 1. The van der Waals surface area contributed by atoms with Gasteiger partial charge in [0.25, 0.3) is 0 Å². The van der Waals surface area contributed by atoms with Gasteiger partial charge in [0.2, 0.25) is 5.88 Å². The summed E-state index contributed by atoms with van der Waals surface area (Å²) >= 11 is 5.87. The Morgan fingerprint density at radius 1 is 1.44 bits per heavy atom. The predicted molar refractivity (Wildman–Crippen MR) is 59.6 cm³/mol. The van der Waals surface area contributed by atoms with E-state index in [0.29, 0.717) is 22.2 Å². The number of rotatable bonds is 2. The summed E-state index contributed by atoms with van der Waals surface area (Å²) in [5.74, 6) is 1.02. The molecule has 4 nitrogen and oxygen atoms in total. The minimum Gasteiger partial charge on any atom is -0.437 e. The van der Waals surface area contributed by atoms with Crippen LogP contribution in [0.1, 0.15) is 11.3 Å². The van der Waals surface area contributed by atoms with E-state index in [4.69, 9.17) is 21.6 Å². The van der Waals surface area contributed by atoms with Crippen molar-refractivity contribution < 1.29 is 4.74 Å². The predicted octanol–water partition coefficient (Wildman–Crippen LogP) is 3.04. The van der Waals surface area contributed by atoms with Crippen molar-refractivity contribution in [2.75, 3.05) is 0 Å². The first-order valence-corrected chi connectivity index (χ1v) is 4.96. The fourth-order valence-corrected chi connectivity index (χ4v) is 1.43. The van der Waals surface area contributed by atoms with Gasteiger partial charge in [-0.2, -0.15) is 5.26 Å². The number of aromatic amines is 1. The van der Waals surface area contributed by atoms with E-state index in [1.54, 1.807) is 24.3 Å². The standard InChI is InChI=1S/C11H8ClN3O/c1-7-4-11(15-14-7)16-9-3-2-8(6-13)10(12)5-9/h2-5H,1H3,(H,14,15). The van der Waals surface area contributed by atoms with Gasteiger partial charge >= 0.3 is 0 Å². The van der Waals surface area contributed by atoms with Crippen LogP contribution in [-0.2, 0) is 0 Å². The highest BCUT2D eigenvalue weighted by atomic mass is 35.5. The molecule has 0 aliphatic rings. The van der Waals surface area contributed by atoms with Crippen molar-refractivity contribution in [3.05, 3.63) is 40.5 Å². The average Bonchev–Trinajstić information content (AvgIpc) is 2.64. The van der Waals surface area contributed by atoms with Gasteiger partial charge in [-0.3, -0.25) is 5.10 Å². The Labute approximate surface area is 97.4 Å². The van der Waals surface area contributed by atoms with Crippen LogP contribution in [-0.4, -0.2) is 10.2 Å². The maximum absolute atomic E-state index is 8.71. The molecule has 1 aromatic heterocycles. The first-order valence-electron chi connectivity index (χ1n) is 4.58. The van der Waals surface area contributed by atoms with Gasteiger partial charge in [-0.1, -0.05) is 11.6 Å². The molecule has 2 rings (SSSR count). The van der Waals surface area contributed by atoms with Crippen molar-refractivity contribution in [1.29, 1.82) is 5.26 Å². The van der Waals surface area contributed by atoms with E-state index in [-0.39, 0.29) is 0 Å². The second kappa shape index (κ2) is 4.25. The van der Waals surface area contributed by atoms with Crippen molar-refractivity contribution in [2.45, 2.75) is 6.92 Å². The van der Waals surface area contributed by atoms with Crippen LogP contribution in [0.25, 0.3) is 0 Å².